The Morgan fingerprint density at radius 3 is 2.89 bits per heavy atom. The summed E-state index contributed by atoms with van der Waals surface area (Å²) in [5, 5.41) is 5.57. The van der Waals surface area contributed by atoms with Crippen molar-refractivity contribution in [1.82, 2.24) is 14.6 Å². The highest BCUT2D eigenvalue weighted by molar-refractivity contribution is 7.16. The lowest BCUT2D eigenvalue weighted by Gasteiger charge is -2.04. The fourth-order valence-electron chi connectivity index (χ4n) is 1.87. The molecule has 3 rings (SSSR count). The minimum Gasteiger partial charge on any atom is -0.496 e. The fourth-order valence-corrected chi connectivity index (χ4v) is 2.69. The van der Waals surface area contributed by atoms with Crippen LogP contribution in [0.3, 0.4) is 0 Å². The highest BCUT2D eigenvalue weighted by Crippen LogP contribution is 2.29. The van der Waals surface area contributed by atoms with Crippen molar-refractivity contribution in [2.45, 2.75) is 13.3 Å². The first-order valence-corrected chi connectivity index (χ1v) is 6.62. The number of methoxy groups -OCH3 is 1. The number of hydrogen-bond donors (Lipinski definition) is 0. The summed E-state index contributed by atoms with van der Waals surface area (Å²) in [6.45, 7) is 2.10. The third-order valence-electron chi connectivity index (χ3n) is 2.77. The molecule has 0 radical (unpaired) electrons. The van der Waals surface area contributed by atoms with E-state index in [1.54, 1.807) is 18.4 Å². The molecule has 92 valence electrons. The van der Waals surface area contributed by atoms with E-state index in [4.69, 9.17) is 4.74 Å². The van der Waals surface area contributed by atoms with Gasteiger partial charge in [-0.1, -0.05) is 30.4 Å². The maximum atomic E-state index is 5.35. The molecule has 18 heavy (non-hydrogen) atoms. The van der Waals surface area contributed by atoms with Gasteiger partial charge in [-0.3, -0.25) is 0 Å². The molecule has 0 aliphatic rings. The largest absolute Gasteiger partial charge is 0.496 e. The summed E-state index contributed by atoms with van der Waals surface area (Å²) in [4.78, 5) is 5.52. The fraction of sp³-hybridized carbons (Fsp3) is 0.231. The number of fused-ring (bicyclic) bond motifs is 1. The zero-order valence-electron chi connectivity index (χ0n) is 10.3. The number of benzene rings is 1. The van der Waals surface area contributed by atoms with Gasteiger partial charge in [0.1, 0.15) is 10.8 Å². The molecule has 0 atom stereocenters. The molecule has 0 bridgehead atoms. The molecular weight excluding hydrogens is 246 g/mol. The minimum atomic E-state index is 0.832. The Kier molecular flexibility index (Phi) is 2.76. The summed E-state index contributed by atoms with van der Waals surface area (Å²) < 4.78 is 7.19. The van der Waals surface area contributed by atoms with Gasteiger partial charge in [-0.05, 0) is 18.6 Å². The average molecular weight is 259 g/mol. The Labute approximate surface area is 109 Å². The van der Waals surface area contributed by atoms with E-state index in [0.717, 1.165) is 33.4 Å². The molecule has 0 aliphatic carbocycles. The molecule has 5 heteroatoms. The van der Waals surface area contributed by atoms with Gasteiger partial charge in [0.15, 0.2) is 0 Å². The molecule has 0 fully saturated rings. The molecule has 0 spiro atoms. The van der Waals surface area contributed by atoms with Gasteiger partial charge in [0.25, 0.3) is 0 Å². The molecule has 2 aromatic heterocycles. The van der Waals surface area contributed by atoms with Crippen LogP contribution in [0.5, 0.6) is 5.75 Å². The van der Waals surface area contributed by atoms with Crippen LogP contribution in [0, 0.1) is 0 Å². The number of ether oxygens (including phenoxy) is 1. The minimum absolute atomic E-state index is 0.832. The SMILES string of the molecule is CCc1nn2cc(-c3ccccc3OC)nc2s1. The molecule has 4 nitrogen and oxygen atoms in total. The van der Waals surface area contributed by atoms with Crippen LogP contribution in [0.4, 0.5) is 0 Å². The first kappa shape index (κ1) is 11.2. The van der Waals surface area contributed by atoms with Gasteiger partial charge >= 0.3 is 0 Å². The predicted octanol–water partition coefficient (Wildman–Crippen LogP) is 3.03. The second kappa shape index (κ2) is 4.42. The molecule has 0 N–H and O–H groups in total. The van der Waals surface area contributed by atoms with Crippen LogP contribution >= 0.6 is 11.3 Å². The van der Waals surface area contributed by atoms with Gasteiger partial charge in [-0.15, -0.1) is 0 Å². The van der Waals surface area contributed by atoms with E-state index in [2.05, 4.69) is 17.0 Å². The molecule has 0 amide bonds. The van der Waals surface area contributed by atoms with E-state index in [1.807, 2.05) is 35.0 Å². The van der Waals surface area contributed by atoms with E-state index in [0.29, 0.717) is 0 Å². The van der Waals surface area contributed by atoms with Gasteiger partial charge < -0.3 is 4.74 Å². The number of imidazole rings is 1. The maximum absolute atomic E-state index is 5.35. The van der Waals surface area contributed by atoms with Crippen LogP contribution in [0.2, 0.25) is 0 Å². The second-order valence-corrected chi connectivity index (χ2v) is 4.94. The summed E-state index contributed by atoms with van der Waals surface area (Å²) >= 11 is 1.63. The average Bonchev–Trinajstić information content (AvgIpc) is 2.96. The number of nitrogens with zero attached hydrogens (tertiary/aromatic N) is 3. The lowest BCUT2D eigenvalue weighted by atomic mass is 10.1. The van der Waals surface area contributed by atoms with E-state index in [-0.39, 0.29) is 0 Å². The lowest BCUT2D eigenvalue weighted by molar-refractivity contribution is 0.416. The molecular formula is C13H13N3OS. The predicted molar refractivity (Wildman–Crippen MR) is 72.2 cm³/mol. The summed E-state index contributed by atoms with van der Waals surface area (Å²) in [6, 6.07) is 7.88. The van der Waals surface area contributed by atoms with E-state index < -0.39 is 0 Å². The molecule has 0 saturated heterocycles. The highest BCUT2D eigenvalue weighted by Gasteiger charge is 2.11. The smallest absolute Gasteiger partial charge is 0.212 e. The van der Waals surface area contributed by atoms with Gasteiger partial charge in [0.2, 0.25) is 4.96 Å². The van der Waals surface area contributed by atoms with Crippen LogP contribution in [0.15, 0.2) is 30.5 Å². The number of para-hydroxylation sites is 1. The van der Waals surface area contributed by atoms with Crippen molar-refractivity contribution in [3.8, 4) is 17.0 Å². The third kappa shape index (κ3) is 1.76. The van der Waals surface area contributed by atoms with E-state index >= 15 is 0 Å². The van der Waals surface area contributed by atoms with E-state index in [1.165, 1.54) is 0 Å². The van der Waals surface area contributed by atoms with Crippen molar-refractivity contribution in [1.29, 1.82) is 0 Å². The third-order valence-corrected chi connectivity index (χ3v) is 3.84. The Morgan fingerprint density at radius 2 is 2.17 bits per heavy atom. The Balaban J connectivity index is 2.11. The van der Waals surface area contributed by atoms with E-state index in [9.17, 15) is 0 Å². The monoisotopic (exact) mass is 259 g/mol. The molecule has 3 aromatic rings. The molecule has 1 aromatic carbocycles. The van der Waals surface area contributed by atoms with Gasteiger partial charge in [0.05, 0.1) is 19.0 Å². The second-order valence-electron chi connectivity index (χ2n) is 3.90. The molecule has 0 unspecified atom stereocenters. The zero-order chi connectivity index (χ0) is 12.5. The van der Waals surface area contributed by atoms with Gasteiger partial charge in [0, 0.05) is 5.56 Å². The lowest BCUT2D eigenvalue weighted by Crippen LogP contribution is -1.87. The number of aryl methyl sites for hydroxylation is 1. The van der Waals surface area contributed by atoms with Gasteiger partial charge in [-0.2, -0.15) is 5.10 Å². The van der Waals surface area contributed by atoms with Crippen molar-refractivity contribution in [2.75, 3.05) is 7.11 Å². The summed E-state index contributed by atoms with van der Waals surface area (Å²) in [7, 11) is 1.67. The number of rotatable bonds is 3. The topological polar surface area (TPSA) is 39.4 Å². The maximum Gasteiger partial charge on any atom is 0.212 e. The van der Waals surface area contributed by atoms with Crippen LogP contribution in [-0.4, -0.2) is 21.7 Å². The van der Waals surface area contributed by atoms with Crippen LogP contribution in [0.25, 0.3) is 16.2 Å². The summed E-state index contributed by atoms with van der Waals surface area (Å²) in [5.41, 5.74) is 1.89. The van der Waals surface area contributed by atoms with Crippen LogP contribution in [0.1, 0.15) is 11.9 Å². The quantitative estimate of drug-likeness (QED) is 0.725. The van der Waals surface area contributed by atoms with Crippen LogP contribution in [-0.2, 0) is 6.42 Å². The van der Waals surface area contributed by atoms with Crippen molar-refractivity contribution in [2.24, 2.45) is 0 Å². The Morgan fingerprint density at radius 1 is 1.33 bits per heavy atom. The van der Waals surface area contributed by atoms with Crippen LogP contribution < -0.4 is 4.74 Å². The van der Waals surface area contributed by atoms with Crippen molar-refractivity contribution < 1.29 is 4.74 Å². The Hall–Kier alpha value is -1.88. The Bertz CT molecular complexity index is 655. The highest BCUT2D eigenvalue weighted by atomic mass is 32.1. The summed E-state index contributed by atoms with van der Waals surface area (Å²) in [6.07, 6.45) is 2.89. The number of hydrogen-bond acceptors (Lipinski definition) is 4. The zero-order valence-corrected chi connectivity index (χ0v) is 11.1. The standard InChI is InChI=1S/C13H13N3OS/c1-3-12-15-16-8-10(14-13(16)18-12)9-6-4-5-7-11(9)17-2/h4-8H,3H2,1-2H3. The van der Waals surface area contributed by atoms with Gasteiger partial charge in [-0.25, -0.2) is 9.50 Å². The molecule has 2 heterocycles. The van der Waals surface area contributed by atoms with Crippen molar-refractivity contribution in [3.63, 3.8) is 0 Å². The first-order valence-electron chi connectivity index (χ1n) is 5.80. The van der Waals surface area contributed by atoms with Crippen molar-refractivity contribution >= 4 is 16.3 Å². The first-order chi connectivity index (χ1) is 8.81. The molecule has 0 saturated carbocycles. The molecule has 0 aliphatic heterocycles. The summed E-state index contributed by atoms with van der Waals surface area (Å²) in [5.74, 6) is 0.832. The number of aromatic nitrogens is 3. The normalized spacial score (nSPS) is 11.0. The van der Waals surface area contributed by atoms with Crippen molar-refractivity contribution in [3.05, 3.63) is 35.5 Å².